The lowest BCUT2D eigenvalue weighted by atomic mass is 9.63. The molecule has 6 aromatic rings. The molecule has 0 radical (unpaired) electrons. The Bertz CT molecular complexity index is 2410. The summed E-state index contributed by atoms with van der Waals surface area (Å²) in [6.45, 7) is 9.67. The average molecular weight is 639 g/mol. The smallest absolute Gasteiger partial charge is 0.163 e. The molecule has 9 rings (SSSR count). The number of fused-ring (bicyclic) bond motifs is 5. The maximum Gasteiger partial charge on any atom is 0.163 e. The van der Waals surface area contributed by atoms with Crippen LogP contribution in [0.5, 0.6) is 0 Å². The zero-order valence-electron chi connectivity index (χ0n) is 28.9. The van der Waals surface area contributed by atoms with Crippen molar-refractivity contribution in [2.75, 3.05) is 0 Å². The van der Waals surface area contributed by atoms with Crippen molar-refractivity contribution >= 4 is 38.2 Å². The highest BCUT2D eigenvalue weighted by molar-refractivity contribution is 6.14. The van der Waals surface area contributed by atoms with E-state index in [1.165, 1.54) is 62.1 Å². The number of aromatic nitrogens is 4. The molecule has 0 saturated carbocycles. The van der Waals surface area contributed by atoms with Crippen molar-refractivity contribution in [3.63, 3.8) is 0 Å². The fourth-order valence-corrected chi connectivity index (χ4v) is 8.19. The number of hydrogen-bond donors (Lipinski definition) is 0. The summed E-state index contributed by atoms with van der Waals surface area (Å²) < 4.78 is 2.47. The Morgan fingerprint density at radius 3 is 2.08 bits per heavy atom. The van der Waals surface area contributed by atoms with Crippen LogP contribution < -0.4 is 0 Å². The number of allylic oxidation sites excluding steroid dienone is 8. The van der Waals surface area contributed by atoms with Gasteiger partial charge in [-0.25, -0.2) is 15.0 Å². The highest BCUT2D eigenvalue weighted by Crippen LogP contribution is 2.49. The predicted molar refractivity (Wildman–Crippen MR) is 204 cm³/mol. The Morgan fingerprint density at radius 1 is 0.673 bits per heavy atom. The molecule has 0 fully saturated rings. The zero-order chi connectivity index (χ0) is 33.3. The molecule has 4 nitrogen and oxygen atoms in total. The molecule has 4 aromatic carbocycles. The Labute approximate surface area is 288 Å². The Kier molecular flexibility index (Phi) is 6.88. The van der Waals surface area contributed by atoms with Gasteiger partial charge in [-0.3, -0.25) is 0 Å². The van der Waals surface area contributed by atoms with E-state index < -0.39 is 0 Å². The largest absolute Gasteiger partial charge is 0.309 e. The second kappa shape index (κ2) is 11.2. The van der Waals surface area contributed by atoms with Gasteiger partial charge in [-0.1, -0.05) is 94.5 Å². The molecule has 2 aromatic heterocycles. The van der Waals surface area contributed by atoms with Crippen LogP contribution in [-0.4, -0.2) is 19.5 Å². The molecule has 49 heavy (non-hydrogen) atoms. The Hall–Kier alpha value is -5.09. The lowest BCUT2D eigenvalue weighted by molar-refractivity contribution is 0.332. The molecular weight excluding hydrogens is 597 g/mol. The van der Waals surface area contributed by atoms with E-state index in [9.17, 15) is 0 Å². The van der Waals surface area contributed by atoms with Gasteiger partial charge in [0, 0.05) is 27.9 Å². The third-order valence-electron chi connectivity index (χ3n) is 11.3. The number of nitrogens with zero attached hydrogens (tertiary/aromatic N) is 4. The minimum atomic E-state index is 0.121. The van der Waals surface area contributed by atoms with E-state index in [4.69, 9.17) is 15.0 Å². The third-order valence-corrected chi connectivity index (χ3v) is 11.3. The number of benzene rings is 4. The summed E-state index contributed by atoms with van der Waals surface area (Å²) in [6.07, 6.45) is 20.3. The summed E-state index contributed by atoms with van der Waals surface area (Å²) in [5.41, 5.74) is 9.05. The van der Waals surface area contributed by atoms with E-state index in [1.54, 1.807) is 0 Å². The zero-order valence-corrected chi connectivity index (χ0v) is 28.9. The van der Waals surface area contributed by atoms with Gasteiger partial charge in [-0.2, -0.15) is 0 Å². The van der Waals surface area contributed by atoms with E-state index in [2.05, 4.69) is 148 Å². The molecule has 1 atom stereocenters. The topological polar surface area (TPSA) is 43.6 Å². The van der Waals surface area contributed by atoms with Crippen LogP contribution in [-0.2, 0) is 10.8 Å². The van der Waals surface area contributed by atoms with Crippen molar-refractivity contribution in [1.29, 1.82) is 0 Å². The molecule has 2 heterocycles. The van der Waals surface area contributed by atoms with Gasteiger partial charge in [-0.15, -0.1) is 0 Å². The lowest BCUT2D eigenvalue weighted by Crippen LogP contribution is -2.33. The summed E-state index contributed by atoms with van der Waals surface area (Å²) in [7, 11) is 0. The van der Waals surface area contributed by atoms with E-state index in [1.807, 2.05) is 0 Å². The van der Waals surface area contributed by atoms with Crippen LogP contribution in [0.15, 0.2) is 115 Å². The van der Waals surface area contributed by atoms with Crippen molar-refractivity contribution in [3.05, 3.63) is 138 Å². The SMILES string of the molecule is CC1(C)CCC(C)(C)c2cc3c(cc21)c1cc2ccccc2cc1n3-c1ccc(-c2nc(C3=CC=CCC3)nc(C3C=CC=CC3)n2)cc1. The molecule has 0 aliphatic heterocycles. The average Bonchev–Trinajstić information content (AvgIpc) is 3.45. The first-order valence-corrected chi connectivity index (χ1v) is 17.8. The third kappa shape index (κ3) is 5.08. The first-order valence-electron chi connectivity index (χ1n) is 17.8. The van der Waals surface area contributed by atoms with Gasteiger partial charge in [0.25, 0.3) is 0 Å². The Morgan fingerprint density at radius 2 is 1.37 bits per heavy atom. The van der Waals surface area contributed by atoms with Crippen LogP contribution in [0.25, 0.3) is 55.2 Å². The quantitative estimate of drug-likeness (QED) is 0.193. The Balaban J connectivity index is 1.23. The molecule has 3 aliphatic carbocycles. The van der Waals surface area contributed by atoms with E-state index in [0.29, 0.717) is 0 Å². The van der Waals surface area contributed by atoms with Crippen LogP contribution in [0.3, 0.4) is 0 Å². The first-order chi connectivity index (χ1) is 23.7. The molecular formula is C45H42N4. The van der Waals surface area contributed by atoms with Crippen molar-refractivity contribution < 1.29 is 0 Å². The monoisotopic (exact) mass is 638 g/mol. The summed E-state index contributed by atoms with van der Waals surface area (Å²) in [4.78, 5) is 15.1. The van der Waals surface area contributed by atoms with Crippen LogP contribution in [0.1, 0.15) is 88.5 Å². The molecule has 242 valence electrons. The summed E-state index contributed by atoms with van der Waals surface area (Å²) in [6, 6.07) is 27.4. The number of rotatable bonds is 4. The number of hydrogen-bond acceptors (Lipinski definition) is 3. The van der Waals surface area contributed by atoms with Gasteiger partial charge in [0.05, 0.1) is 11.0 Å². The predicted octanol–water partition coefficient (Wildman–Crippen LogP) is 11.5. The van der Waals surface area contributed by atoms with Gasteiger partial charge >= 0.3 is 0 Å². The summed E-state index contributed by atoms with van der Waals surface area (Å²) in [5, 5.41) is 5.15. The normalized spacial score (nSPS) is 19.4. The second-order valence-electron chi connectivity index (χ2n) is 15.4. The highest BCUT2D eigenvalue weighted by Gasteiger charge is 2.38. The van der Waals surface area contributed by atoms with Crippen LogP contribution in [0.4, 0.5) is 0 Å². The molecule has 3 aliphatic rings. The van der Waals surface area contributed by atoms with Crippen molar-refractivity contribution in [2.45, 2.75) is 76.5 Å². The van der Waals surface area contributed by atoms with E-state index >= 15 is 0 Å². The van der Waals surface area contributed by atoms with Crippen LogP contribution in [0.2, 0.25) is 0 Å². The molecule has 4 heteroatoms. The fourth-order valence-electron chi connectivity index (χ4n) is 8.19. The van der Waals surface area contributed by atoms with Crippen molar-refractivity contribution in [3.8, 4) is 17.1 Å². The van der Waals surface area contributed by atoms with Crippen LogP contribution in [0, 0.1) is 0 Å². The first kappa shape index (κ1) is 30.0. The standard InChI is InChI=1S/C45H42N4/c1-44(2)23-24-45(3,4)38-28-40-36(27-37(38)44)35-25-32-17-11-12-18-33(32)26-39(35)49(40)34-21-19-31(20-22-34)43-47-41(29-13-7-5-8-14-29)46-42(48-43)30-15-9-6-10-16-30/h5-9,11-13,15,17-22,25-29H,10,14,16,23-24H2,1-4H3. The van der Waals surface area contributed by atoms with Gasteiger partial charge < -0.3 is 4.57 Å². The lowest BCUT2D eigenvalue weighted by Gasteiger charge is -2.42. The van der Waals surface area contributed by atoms with Crippen molar-refractivity contribution in [1.82, 2.24) is 19.5 Å². The van der Waals surface area contributed by atoms with E-state index in [0.717, 1.165) is 48.0 Å². The maximum absolute atomic E-state index is 5.07. The second-order valence-corrected chi connectivity index (χ2v) is 15.4. The highest BCUT2D eigenvalue weighted by atomic mass is 15.0. The molecule has 0 amide bonds. The summed E-state index contributed by atoms with van der Waals surface area (Å²) >= 11 is 0. The van der Waals surface area contributed by atoms with E-state index in [-0.39, 0.29) is 16.7 Å². The fraction of sp³-hybridized carbons (Fsp3) is 0.267. The summed E-state index contributed by atoms with van der Waals surface area (Å²) in [5.74, 6) is 2.51. The minimum absolute atomic E-state index is 0.121. The molecule has 0 spiro atoms. The maximum atomic E-state index is 5.07. The van der Waals surface area contributed by atoms with Gasteiger partial charge in [0.2, 0.25) is 0 Å². The molecule has 0 saturated heterocycles. The molecule has 0 bridgehead atoms. The van der Waals surface area contributed by atoms with Crippen molar-refractivity contribution in [2.24, 2.45) is 0 Å². The van der Waals surface area contributed by atoms with Crippen LogP contribution >= 0.6 is 0 Å². The van der Waals surface area contributed by atoms with Gasteiger partial charge in [0.15, 0.2) is 11.6 Å². The minimum Gasteiger partial charge on any atom is -0.309 e. The molecule has 1 unspecified atom stereocenters. The van der Waals surface area contributed by atoms with Gasteiger partial charge in [0.1, 0.15) is 5.82 Å². The van der Waals surface area contributed by atoms with Gasteiger partial charge in [-0.05, 0) is 119 Å². The molecule has 0 N–H and O–H groups in total.